The minimum Gasteiger partial charge on any atom is -0.298 e. The normalized spacial score (nSPS) is 11.3. The SMILES string of the molecule is CC(C=O)=CF. The van der Waals surface area contributed by atoms with Crippen molar-refractivity contribution in [2.75, 3.05) is 0 Å². The van der Waals surface area contributed by atoms with E-state index in [9.17, 15) is 9.18 Å². The molecular formula is C4H5FO. The Bertz CT molecular complexity index is 75.6. The fourth-order valence-corrected chi connectivity index (χ4v) is 0.0257. The lowest BCUT2D eigenvalue weighted by Gasteiger charge is -1.70. The van der Waals surface area contributed by atoms with Crippen LogP contribution in [-0.2, 0) is 4.79 Å². The van der Waals surface area contributed by atoms with Crippen molar-refractivity contribution in [2.45, 2.75) is 6.92 Å². The minimum absolute atomic E-state index is 0.120. The summed E-state index contributed by atoms with van der Waals surface area (Å²) in [7, 11) is 0. The highest BCUT2D eigenvalue weighted by molar-refractivity contribution is 5.71. The number of carbonyl (C=O) groups excluding carboxylic acids is 1. The van der Waals surface area contributed by atoms with Crippen LogP contribution in [0.5, 0.6) is 0 Å². The third-order valence-corrected chi connectivity index (χ3v) is 0.358. The van der Waals surface area contributed by atoms with Crippen LogP contribution in [0.4, 0.5) is 4.39 Å². The van der Waals surface area contributed by atoms with Gasteiger partial charge in [0.2, 0.25) is 0 Å². The number of rotatable bonds is 1. The van der Waals surface area contributed by atoms with Crippen LogP contribution >= 0.6 is 0 Å². The fourth-order valence-electron chi connectivity index (χ4n) is 0.0257. The van der Waals surface area contributed by atoms with Gasteiger partial charge in [-0.25, -0.2) is 4.39 Å². The van der Waals surface area contributed by atoms with E-state index in [1.54, 1.807) is 0 Å². The molecule has 34 valence electrons. The molecule has 0 atom stereocenters. The van der Waals surface area contributed by atoms with Gasteiger partial charge in [-0.05, 0) is 6.92 Å². The van der Waals surface area contributed by atoms with Gasteiger partial charge in [-0.15, -0.1) is 0 Å². The molecule has 0 aliphatic heterocycles. The van der Waals surface area contributed by atoms with Gasteiger partial charge >= 0.3 is 0 Å². The highest BCUT2D eigenvalue weighted by atomic mass is 19.1. The second kappa shape index (κ2) is 2.57. The summed E-state index contributed by atoms with van der Waals surface area (Å²) in [4.78, 5) is 9.43. The monoisotopic (exact) mass is 88.0 g/mol. The van der Waals surface area contributed by atoms with Crippen LogP contribution in [0, 0.1) is 0 Å². The van der Waals surface area contributed by atoms with Crippen LogP contribution in [0.2, 0.25) is 0 Å². The molecule has 0 N–H and O–H groups in total. The van der Waals surface area contributed by atoms with Gasteiger partial charge in [-0.2, -0.15) is 0 Å². The molecule has 0 fully saturated rings. The summed E-state index contributed by atoms with van der Waals surface area (Å²) in [5.74, 6) is 0. The molecule has 0 saturated carbocycles. The summed E-state index contributed by atoms with van der Waals surface area (Å²) >= 11 is 0. The van der Waals surface area contributed by atoms with Crippen LogP contribution in [-0.4, -0.2) is 6.29 Å². The molecule has 2 heteroatoms. The summed E-state index contributed by atoms with van der Waals surface area (Å²) < 4.78 is 11.0. The Labute approximate surface area is 35.5 Å². The van der Waals surface area contributed by atoms with E-state index in [1.807, 2.05) is 0 Å². The Kier molecular flexibility index (Phi) is 2.29. The summed E-state index contributed by atoms with van der Waals surface area (Å²) in [6.07, 6.45) is 0.729. The highest BCUT2D eigenvalue weighted by Gasteiger charge is 1.75. The minimum atomic E-state index is 0.120. The molecule has 0 rings (SSSR count). The van der Waals surface area contributed by atoms with Crippen LogP contribution < -0.4 is 0 Å². The molecule has 0 aromatic carbocycles. The van der Waals surface area contributed by atoms with Crippen molar-refractivity contribution >= 4 is 6.29 Å². The largest absolute Gasteiger partial charge is 0.298 e. The maximum Gasteiger partial charge on any atom is 0.148 e. The Morgan fingerprint density at radius 1 is 1.83 bits per heavy atom. The first kappa shape index (κ1) is 5.34. The summed E-state index contributed by atoms with van der Waals surface area (Å²) in [6.45, 7) is 1.40. The summed E-state index contributed by atoms with van der Waals surface area (Å²) in [5, 5.41) is 0. The van der Waals surface area contributed by atoms with Crippen LogP contribution in [0.3, 0.4) is 0 Å². The van der Waals surface area contributed by atoms with Crippen molar-refractivity contribution in [1.29, 1.82) is 0 Å². The predicted molar refractivity (Wildman–Crippen MR) is 20.9 cm³/mol. The molecule has 0 spiro atoms. The Morgan fingerprint density at radius 3 is 2.33 bits per heavy atom. The third-order valence-electron chi connectivity index (χ3n) is 0.358. The number of hydrogen-bond acceptors (Lipinski definition) is 1. The van der Waals surface area contributed by atoms with Crippen molar-refractivity contribution in [1.82, 2.24) is 0 Å². The van der Waals surface area contributed by atoms with Gasteiger partial charge in [0.05, 0.1) is 6.33 Å². The summed E-state index contributed by atoms with van der Waals surface area (Å²) in [5.41, 5.74) is 0.120. The average molecular weight is 88.1 g/mol. The second-order valence-electron chi connectivity index (χ2n) is 0.971. The smallest absolute Gasteiger partial charge is 0.148 e. The highest BCUT2D eigenvalue weighted by Crippen LogP contribution is 1.82. The average Bonchev–Trinajstić information content (AvgIpc) is 1.65. The van der Waals surface area contributed by atoms with E-state index in [4.69, 9.17) is 0 Å². The van der Waals surface area contributed by atoms with E-state index < -0.39 is 0 Å². The number of carbonyl (C=O) groups is 1. The van der Waals surface area contributed by atoms with Gasteiger partial charge in [0, 0.05) is 5.57 Å². The van der Waals surface area contributed by atoms with E-state index in [1.165, 1.54) is 6.92 Å². The predicted octanol–water partition coefficient (Wildman–Crippen LogP) is 1.06. The first-order chi connectivity index (χ1) is 2.81. The summed E-state index contributed by atoms with van der Waals surface area (Å²) in [6, 6.07) is 0. The van der Waals surface area contributed by atoms with Crippen molar-refractivity contribution in [3.8, 4) is 0 Å². The molecule has 1 nitrogen and oxygen atoms in total. The molecule has 0 radical (unpaired) electrons. The molecule has 0 unspecified atom stereocenters. The van der Waals surface area contributed by atoms with Gasteiger partial charge in [0.25, 0.3) is 0 Å². The topological polar surface area (TPSA) is 17.1 Å². The molecule has 6 heavy (non-hydrogen) atoms. The standard InChI is InChI=1S/C4H5FO/c1-4(2-5)3-6/h2-3H,1H3. The molecule has 0 aliphatic rings. The molecule has 0 aliphatic carbocycles. The first-order valence-electron chi connectivity index (χ1n) is 1.53. The lowest BCUT2D eigenvalue weighted by atomic mass is 10.4. The lowest BCUT2D eigenvalue weighted by molar-refractivity contribution is -0.104. The van der Waals surface area contributed by atoms with E-state index >= 15 is 0 Å². The van der Waals surface area contributed by atoms with Crippen molar-refractivity contribution in [3.63, 3.8) is 0 Å². The van der Waals surface area contributed by atoms with E-state index in [0.29, 0.717) is 6.29 Å². The van der Waals surface area contributed by atoms with Crippen LogP contribution in [0.25, 0.3) is 0 Å². The van der Waals surface area contributed by atoms with E-state index in [0.717, 1.165) is 0 Å². The van der Waals surface area contributed by atoms with Gasteiger partial charge in [-0.3, -0.25) is 4.79 Å². The first-order valence-corrected chi connectivity index (χ1v) is 1.53. The van der Waals surface area contributed by atoms with E-state index in [-0.39, 0.29) is 11.9 Å². The zero-order valence-corrected chi connectivity index (χ0v) is 3.44. The fraction of sp³-hybridized carbons (Fsp3) is 0.250. The van der Waals surface area contributed by atoms with Crippen molar-refractivity contribution < 1.29 is 9.18 Å². The van der Waals surface area contributed by atoms with Crippen molar-refractivity contribution in [2.24, 2.45) is 0 Å². The van der Waals surface area contributed by atoms with Crippen LogP contribution in [0.15, 0.2) is 11.9 Å². The zero-order valence-electron chi connectivity index (χ0n) is 3.44. The number of aldehydes is 1. The maximum absolute atomic E-state index is 11.0. The molecule has 0 aromatic heterocycles. The molecule has 0 heterocycles. The second-order valence-corrected chi connectivity index (χ2v) is 0.971. The maximum atomic E-state index is 11.0. The quantitative estimate of drug-likeness (QED) is 0.346. The number of halogens is 1. The van der Waals surface area contributed by atoms with Gasteiger partial charge in [0.15, 0.2) is 0 Å². The van der Waals surface area contributed by atoms with Gasteiger partial charge in [-0.1, -0.05) is 0 Å². The molecule has 0 bridgehead atoms. The zero-order chi connectivity index (χ0) is 4.99. The molecule has 0 amide bonds. The Hall–Kier alpha value is -0.660. The Balaban J connectivity index is 3.50. The van der Waals surface area contributed by atoms with E-state index in [2.05, 4.69) is 0 Å². The van der Waals surface area contributed by atoms with Gasteiger partial charge in [0.1, 0.15) is 6.29 Å². The lowest BCUT2D eigenvalue weighted by Crippen LogP contribution is -1.68. The third kappa shape index (κ3) is 1.64. The Morgan fingerprint density at radius 2 is 2.33 bits per heavy atom. The van der Waals surface area contributed by atoms with Crippen LogP contribution in [0.1, 0.15) is 6.92 Å². The molecular weight excluding hydrogens is 83.0 g/mol. The number of hydrogen-bond donors (Lipinski definition) is 0. The molecule has 0 aromatic rings. The molecule has 0 saturated heterocycles. The number of allylic oxidation sites excluding steroid dienone is 1. The van der Waals surface area contributed by atoms with Gasteiger partial charge < -0.3 is 0 Å². The van der Waals surface area contributed by atoms with Crippen molar-refractivity contribution in [3.05, 3.63) is 11.9 Å².